The van der Waals surface area contributed by atoms with Crippen molar-refractivity contribution in [1.29, 1.82) is 0 Å². The smallest absolute Gasteiger partial charge is 0.225 e. The number of hydrogen-bond acceptors (Lipinski definition) is 2. The molecule has 1 rings (SSSR count). The Labute approximate surface area is 95.9 Å². The van der Waals surface area contributed by atoms with Gasteiger partial charge in [-0.25, -0.2) is 13.6 Å². The number of sulfonamides is 1. The van der Waals surface area contributed by atoms with Crippen LogP contribution < -0.4 is 5.14 Å². The number of rotatable bonds is 1. The summed E-state index contributed by atoms with van der Waals surface area (Å²) in [7, 11) is -3.70. The van der Waals surface area contributed by atoms with E-state index in [0.717, 1.165) is 0 Å². The van der Waals surface area contributed by atoms with Gasteiger partial charge >= 0.3 is 0 Å². The summed E-state index contributed by atoms with van der Waals surface area (Å²) in [6.07, 6.45) is 0. The van der Waals surface area contributed by atoms with E-state index in [0.29, 0.717) is 4.47 Å². The lowest BCUT2D eigenvalue weighted by atomic mass is 10.4. The molecule has 13 heavy (non-hydrogen) atoms. The molecule has 0 aliphatic heterocycles. The summed E-state index contributed by atoms with van der Waals surface area (Å²) in [6.45, 7) is 0. The van der Waals surface area contributed by atoms with Crippen LogP contribution in [0.2, 0.25) is 5.02 Å². The summed E-state index contributed by atoms with van der Waals surface area (Å²) >= 11 is 8.77. The van der Waals surface area contributed by atoms with Crippen LogP contribution in [0.25, 0.3) is 0 Å². The molecule has 0 unspecified atom stereocenters. The highest BCUT2D eigenvalue weighted by Crippen LogP contribution is 2.23. The van der Waals surface area contributed by atoms with Crippen molar-refractivity contribution in [1.82, 2.24) is 0 Å². The Balaban J connectivity index is 0.00000144. The minimum absolute atomic E-state index is 0. The summed E-state index contributed by atoms with van der Waals surface area (Å²) in [5.41, 5.74) is 0. The fourth-order valence-corrected chi connectivity index (χ4v) is 2.29. The van der Waals surface area contributed by atoms with Crippen LogP contribution in [0.4, 0.5) is 0 Å². The Kier molecular flexibility index (Phi) is 4.68. The Morgan fingerprint density at radius 3 is 2.31 bits per heavy atom. The van der Waals surface area contributed by atoms with Crippen molar-refractivity contribution in [3.63, 3.8) is 0 Å². The molecular weight excluding hydrogens is 301 g/mol. The van der Waals surface area contributed by atoms with Gasteiger partial charge in [0.2, 0.25) is 10.0 Å². The van der Waals surface area contributed by atoms with Crippen LogP contribution in [0.3, 0.4) is 0 Å². The minimum atomic E-state index is -3.70. The Morgan fingerprint density at radius 2 is 1.92 bits per heavy atom. The lowest BCUT2D eigenvalue weighted by molar-refractivity contribution is 0.598. The quantitative estimate of drug-likeness (QED) is 0.864. The lowest BCUT2D eigenvalue weighted by Gasteiger charge is -2.00. The molecule has 0 spiro atoms. The highest BCUT2D eigenvalue weighted by atomic mass is 79.9. The van der Waals surface area contributed by atoms with Crippen LogP contribution in [-0.2, 0) is 10.0 Å². The molecule has 2 N–H and O–H groups in total. The number of benzene rings is 1. The van der Waals surface area contributed by atoms with Gasteiger partial charge in [-0.15, -0.1) is 12.4 Å². The maximum atomic E-state index is 10.8. The first-order valence-corrected chi connectivity index (χ1v) is 5.61. The summed E-state index contributed by atoms with van der Waals surface area (Å²) < 4.78 is 22.4. The van der Waals surface area contributed by atoms with E-state index in [1.165, 1.54) is 12.1 Å². The van der Waals surface area contributed by atoms with Crippen LogP contribution in [-0.4, -0.2) is 8.42 Å². The summed E-state index contributed by atoms with van der Waals surface area (Å²) in [6, 6.07) is 4.38. The summed E-state index contributed by atoms with van der Waals surface area (Å²) in [5.74, 6) is 0. The normalized spacial score (nSPS) is 10.7. The second kappa shape index (κ2) is 4.61. The molecule has 1 aromatic rings. The van der Waals surface area contributed by atoms with Gasteiger partial charge in [0, 0.05) is 4.47 Å². The molecule has 0 heterocycles. The average Bonchev–Trinajstić information content (AvgIpc) is 1.83. The van der Waals surface area contributed by atoms with Gasteiger partial charge in [0.05, 0.1) is 5.02 Å². The first-order chi connectivity index (χ1) is 5.41. The molecule has 3 nitrogen and oxygen atoms in total. The molecular formula is C6H6BrCl2NO2S. The third-order valence-corrected chi connectivity index (χ3v) is 3.09. The molecule has 0 fully saturated rings. The second-order valence-electron chi connectivity index (χ2n) is 2.12. The number of hydrogen-bond donors (Lipinski definition) is 1. The van der Waals surface area contributed by atoms with E-state index in [-0.39, 0.29) is 22.3 Å². The third-order valence-electron chi connectivity index (χ3n) is 1.20. The van der Waals surface area contributed by atoms with E-state index in [4.69, 9.17) is 16.7 Å². The zero-order valence-electron chi connectivity index (χ0n) is 6.20. The predicted molar refractivity (Wildman–Crippen MR) is 57.8 cm³/mol. The first-order valence-electron chi connectivity index (χ1n) is 2.89. The third kappa shape index (κ3) is 3.44. The van der Waals surface area contributed by atoms with Crippen LogP contribution in [0.1, 0.15) is 0 Å². The van der Waals surface area contributed by atoms with Crippen molar-refractivity contribution in [2.45, 2.75) is 4.90 Å². The van der Waals surface area contributed by atoms with E-state index < -0.39 is 10.0 Å². The first kappa shape index (κ1) is 13.2. The van der Waals surface area contributed by atoms with Crippen molar-refractivity contribution >= 4 is 50.0 Å². The standard InChI is InChI=1S/C6H5BrClNO2S.ClH/c7-4-1-2-6(5(8)3-4)12(9,10)11;/h1-3H,(H2,9,10,11);1H. The topological polar surface area (TPSA) is 60.2 Å². The van der Waals surface area contributed by atoms with Gasteiger partial charge in [-0.1, -0.05) is 27.5 Å². The van der Waals surface area contributed by atoms with Crippen molar-refractivity contribution < 1.29 is 8.42 Å². The molecule has 0 saturated heterocycles. The molecule has 0 aliphatic rings. The van der Waals surface area contributed by atoms with E-state index in [1.54, 1.807) is 6.07 Å². The van der Waals surface area contributed by atoms with Crippen LogP contribution >= 0.6 is 39.9 Å². The van der Waals surface area contributed by atoms with Gasteiger partial charge in [0.1, 0.15) is 4.90 Å². The molecule has 0 atom stereocenters. The molecule has 7 heteroatoms. The second-order valence-corrected chi connectivity index (χ2v) is 4.97. The Bertz CT molecular complexity index is 407. The van der Waals surface area contributed by atoms with Gasteiger partial charge in [-0.05, 0) is 18.2 Å². The van der Waals surface area contributed by atoms with Crippen LogP contribution in [0, 0.1) is 0 Å². The predicted octanol–water partition coefficient (Wildman–Crippen LogP) is 2.17. The van der Waals surface area contributed by atoms with Crippen molar-refractivity contribution in [3.8, 4) is 0 Å². The van der Waals surface area contributed by atoms with E-state index in [2.05, 4.69) is 15.9 Å². The average molecular weight is 307 g/mol. The molecule has 74 valence electrons. The largest absolute Gasteiger partial charge is 0.239 e. The van der Waals surface area contributed by atoms with Gasteiger partial charge < -0.3 is 0 Å². The highest BCUT2D eigenvalue weighted by Gasteiger charge is 2.11. The summed E-state index contributed by atoms with van der Waals surface area (Å²) in [4.78, 5) is -0.0626. The lowest BCUT2D eigenvalue weighted by Crippen LogP contribution is -2.12. The highest BCUT2D eigenvalue weighted by molar-refractivity contribution is 9.10. The zero-order chi connectivity index (χ0) is 9.35. The van der Waals surface area contributed by atoms with Crippen molar-refractivity contribution in [2.75, 3.05) is 0 Å². The Hall–Kier alpha value is 0.190. The fraction of sp³-hybridized carbons (Fsp3) is 0. The monoisotopic (exact) mass is 305 g/mol. The molecule has 0 saturated carbocycles. The van der Waals surface area contributed by atoms with E-state index >= 15 is 0 Å². The number of primary sulfonamides is 1. The molecule has 0 aromatic heterocycles. The zero-order valence-corrected chi connectivity index (χ0v) is 10.2. The van der Waals surface area contributed by atoms with Crippen molar-refractivity contribution in [2.24, 2.45) is 5.14 Å². The maximum Gasteiger partial charge on any atom is 0.239 e. The van der Waals surface area contributed by atoms with Gasteiger partial charge in [-0.3, -0.25) is 0 Å². The van der Waals surface area contributed by atoms with Crippen LogP contribution in [0.15, 0.2) is 27.6 Å². The van der Waals surface area contributed by atoms with Gasteiger partial charge in [0.25, 0.3) is 0 Å². The molecule has 0 amide bonds. The van der Waals surface area contributed by atoms with Crippen LogP contribution in [0.5, 0.6) is 0 Å². The minimum Gasteiger partial charge on any atom is -0.225 e. The van der Waals surface area contributed by atoms with Crippen molar-refractivity contribution in [3.05, 3.63) is 27.7 Å². The molecule has 0 bridgehead atoms. The number of halogens is 3. The molecule has 1 aromatic carbocycles. The van der Waals surface area contributed by atoms with Gasteiger partial charge in [0.15, 0.2) is 0 Å². The summed E-state index contributed by atoms with van der Waals surface area (Å²) in [5, 5.41) is 5.00. The number of nitrogens with two attached hydrogens (primary N) is 1. The SMILES string of the molecule is Cl.NS(=O)(=O)c1ccc(Br)cc1Cl. The molecule has 0 radical (unpaired) electrons. The van der Waals surface area contributed by atoms with E-state index in [1.807, 2.05) is 0 Å². The van der Waals surface area contributed by atoms with E-state index in [9.17, 15) is 8.42 Å². The maximum absolute atomic E-state index is 10.8. The fourth-order valence-electron chi connectivity index (χ4n) is 0.706. The Morgan fingerprint density at radius 1 is 1.38 bits per heavy atom. The molecule has 0 aliphatic carbocycles. The van der Waals surface area contributed by atoms with Gasteiger partial charge in [-0.2, -0.15) is 0 Å².